The van der Waals surface area contributed by atoms with Crippen LogP contribution in [0, 0.1) is 0 Å². The largest absolute Gasteiger partial charge is 0.459 e. The highest BCUT2D eigenvalue weighted by Gasteiger charge is 2.25. The highest BCUT2D eigenvalue weighted by molar-refractivity contribution is 5.87. The van der Waals surface area contributed by atoms with E-state index in [-0.39, 0.29) is 6.61 Å². The van der Waals surface area contributed by atoms with Gasteiger partial charge in [0, 0.05) is 13.1 Å². The first kappa shape index (κ1) is 34.7. The normalized spacial score (nSPS) is 13.0. The van der Waals surface area contributed by atoms with Crippen molar-refractivity contribution in [2.45, 2.75) is 110 Å². The Kier molecular flexibility index (Phi) is 15.1. The number of carbonyl (C=O) groups is 4. The van der Waals surface area contributed by atoms with Crippen LogP contribution in [-0.4, -0.2) is 60.4 Å². The zero-order valence-electron chi connectivity index (χ0n) is 24.8. The van der Waals surface area contributed by atoms with E-state index >= 15 is 0 Å². The molecule has 0 aliphatic carbocycles. The summed E-state index contributed by atoms with van der Waals surface area (Å²) in [6.07, 6.45) is 2.05. The summed E-state index contributed by atoms with van der Waals surface area (Å²) in [4.78, 5) is 49.1. The van der Waals surface area contributed by atoms with Crippen molar-refractivity contribution in [3.8, 4) is 0 Å². The molecule has 5 N–H and O–H groups in total. The third-order valence-corrected chi connectivity index (χ3v) is 5.36. The predicted molar refractivity (Wildman–Crippen MR) is 152 cm³/mol. The Bertz CT molecular complexity index is 927. The second-order valence-corrected chi connectivity index (χ2v) is 11.6. The first-order chi connectivity index (χ1) is 18.7. The molecule has 11 nitrogen and oxygen atoms in total. The van der Waals surface area contributed by atoms with Gasteiger partial charge in [-0.05, 0) is 85.6 Å². The third-order valence-electron chi connectivity index (χ3n) is 5.36. The molecule has 0 saturated heterocycles. The summed E-state index contributed by atoms with van der Waals surface area (Å²) in [5.41, 5.74) is 5.75. The van der Waals surface area contributed by atoms with Crippen molar-refractivity contribution in [2.24, 2.45) is 5.73 Å². The number of hydrogen-bond acceptors (Lipinski definition) is 8. The van der Waals surface area contributed by atoms with Gasteiger partial charge in [0.2, 0.25) is 5.91 Å². The molecule has 0 unspecified atom stereocenters. The van der Waals surface area contributed by atoms with E-state index in [0.29, 0.717) is 51.6 Å². The molecule has 0 bridgehead atoms. The molecule has 1 rings (SSSR count). The topological polar surface area (TPSA) is 158 Å². The Hall–Kier alpha value is -3.34. The molecule has 0 spiro atoms. The van der Waals surface area contributed by atoms with Crippen LogP contribution in [0.2, 0.25) is 0 Å². The number of carbonyl (C=O) groups excluding carboxylic acids is 4. The first-order valence-electron chi connectivity index (χ1n) is 13.9. The monoisotopic (exact) mass is 564 g/mol. The lowest BCUT2D eigenvalue weighted by Crippen LogP contribution is -2.49. The van der Waals surface area contributed by atoms with Crippen LogP contribution < -0.4 is 21.7 Å². The van der Waals surface area contributed by atoms with Crippen molar-refractivity contribution < 1.29 is 33.4 Å². The summed E-state index contributed by atoms with van der Waals surface area (Å²) in [5.74, 6) is -1.00. The molecule has 3 amide bonds. The Morgan fingerprint density at radius 2 is 1.27 bits per heavy atom. The number of amides is 3. The van der Waals surface area contributed by atoms with Crippen molar-refractivity contribution in [2.75, 3.05) is 13.1 Å². The van der Waals surface area contributed by atoms with E-state index in [1.807, 2.05) is 30.3 Å². The maximum absolute atomic E-state index is 12.8. The second kappa shape index (κ2) is 17.4. The van der Waals surface area contributed by atoms with Gasteiger partial charge in [0.25, 0.3) is 0 Å². The Labute approximate surface area is 238 Å². The van der Waals surface area contributed by atoms with Crippen LogP contribution in [-0.2, 0) is 30.4 Å². The maximum Gasteiger partial charge on any atom is 0.407 e. The zero-order valence-corrected chi connectivity index (χ0v) is 24.8. The highest BCUT2D eigenvalue weighted by atomic mass is 16.6. The van der Waals surface area contributed by atoms with Gasteiger partial charge in [-0.15, -0.1) is 0 Å². The summed E-state index contributed by atoms with van der Waals surface area (Å²) in [6, 6.07) is 7.56. The molecule has 1 aromatic carbocycles. The molecular formula is C29H48N4O7. The van der Waals surface area contributed by atoms with E-state index in [0.717, 1.165) is 5.56 Å². The lowest BCUT2D eigenvalue weighted by Gasteiger charge is -2.21. The number of hydrogen-bond donors (Lipinski definition) is 4. The molecule has 0 heterocycles. The number of unbranched alkanes of at least 4 members (excludes halogenated alkanes) is 2. The maximum atomic E-state index is 12.8. The van der Waals surface area contributed by atoms with Gasteiger partial charge in [-0.25, -0.2) is 14.4 Å². The quantitative estimate of drug-likeness (QED) is 0.142. The molecule has 0 aliphatic heterocycles. The summed E-state index contributed by atoms with van der Waals surface area (Å²) < 4.78 is 15.9. The minimum Gasteiger partial charge on any atom is -0.459 e. The van der Waals surface area contributed by atoms with Gasteiger partial charge >= 0.3 is 18.2 Å². The minimum atomic E-state index is -0.877. The number of ether oxygens (including phenoxy) is 3. The van der Waals surface area contributed by atoms with Crippen LogP contribution in [0.3, 0.4) is 0 Å². The van der Waals surface area contributed by atoms with E-state index in [1.54, 1.807) is 41.5 Å². The molecule has 0 fully saturated rings. The molecule has 2 atom stereocenters. The minimum absolute atomic E-state index is 0.0863. The van der Waals surface area contributed by atoms with Crippen molar-refractivity contribution in [3.05, 3.63) is 35.9 Å². The number of nitrogens with one attached hydrogen (secondary N) is 3. The van der Waals surface area contributed by atoms with Crippen LogP contribution in [0.25, 0.3) is 0 Å². The Morgan fingerprint density at radius 3 is 1.77 bits per heavy atom. The summed E-state index contributed by atoms with van der Waals surface area (Å²) in [5, 5.41) is 8.08. The molecule has 0 radical (unpaired) electrons. The highest BCUT2D eigenvalue weighted by Crippen LogP contribution is 2.10. The van der Waals surface area contributed by atoms with E-state index in [9.17, 15) is 19.2 Å². The van der Waals surface area contributed by atoms with Gasteiger partial charge in [0.05, 0.1) is 6.04 Å². The van der Waals surface area contributed by atoms with Crippen molar-refractivity contribution in [3.63, 3.8) is 0 Å². The van der Waals surface area contributed by atoms with Crippen LogP contribution in [0.1, 0.15) is 85.6 Å². The average Bonchev–Trinajstić information content (AvgIpc) is 2.84. The summed E-state index contributed by atoms with van der Waals surface area (Å²) in [7, 11) is 0. The Morgan fingerprint density at radius 1 is 0.775 bits per heavy atom. The van der Waals surface area contributed by atoms with Crippen LogP contribution in [0.15, 0.2) is 30.3 Å². The second-order valence-electron chi connectivity index (χ2n) is 11.6. The number of nitrogens with two attached hydrogens (primary N) is 1. The van der Waals surface area contributed by atoms with Crippen LogP contribution in [0.5, 0.6) is 0 Å². The molecule has 40 heavy (non-hydrogen) atoms. The molecule has 0 saturated carbocycles. The van der Waals surface area contributed by atoms with Gasteiger partial charge in [0.1, 0.15) is 23.9 Å². The molecule has 11 heteroatoms. The van der Waals surface area contributed by atoms with Gasteiger partial charge in [0.15, 0.2) is 0 Å². The molecule has 0 aromatic heterocycles. The molecule has 226 valence electrons. The molecule has 1 aromatic rings. The third kappa shape index (κ3) is 17.3. The lowest BCUT2D eigenvalue weighted by atomic mass is 10.1. The smallest absolute Gasteiger partial charge is 0.407 e. The van der Waals surface area contributed by atoms with E-state index in [1.165, 1.54) is 0 Å². The predicted octanol–water partition coefficient (Wildman–Crippen LogP) is 3.93. The van der Waals surface area contributed by atoms with E-state index in [2.05, 4.69) is 16.0 Å². The van der Waals surface area contributed by atoms with E-state index in [4.69, 9.17) is 19.9 Å². The number of rotatable bonds is 15. The van der Waals surface area contributed by atoms with Gasteiger partial charge in [-0.2, -0.15) is 0 Å². The first-order valence-corrected chi connectivity index (χ1v) is 13.9. The standard InChI is InChI=1S/C29H48N4O7/c1-28(2,3)39-26(36)31-18-12-10-16-22(30)24(34)33-23(25(35)38-20-21-14-8-7-9-15-21)17-11-13-19-32-27(37)40-29(4,5)6/h7-9,14-15,22-23H,10-13,16-20,30H2,1-6H3,(H,31,36)(H,32,37)(H,33,34)/t22-,23-/m0/s1. The van der Waals surface area contributed by atoms with Crippen molar-refractivity contribution in [1.29, 1.82) is 0 Å². The molecule has 0 aliphatic rings. The summed E-state index contributed by atoms with van der Waals surface area (Å²) in [6.45, 7) is 11.6. The summed E-state index contributed by atoms with van der Waals surface area (Å²) >= 11 is 0. The van der Waals surface area contributed by atoms with Crippen LogP contribution >= 0.6 is 0 Å². The fourth-order valence-electron chi connectivity index (χ4n) is 3.46. The Balaban J connectivity index is 2.53. The van der Waals surface area contributed by atoms with Crippen molar-refractivity contribution in [1.82, 2.24) is 16.0 Å². The number of benzene rings is 1. The number of esters is 1. The average molecular weight is 565 g/mol. The fourth-order valence-corrected chi connectivity index (χ4v) is 3.46. The number of alkyl carbamates (subject to hydrolysis) is 2. The van der Waals surface area contributed by atoms with E-state index < -0.39 is 47.3 Å². The lowest BCUT2D eigenvalue weighted by molar-refractivity contribution is -0.149. The van der Waals surface area contributed by atoms with Gasteiger partial charge in [-0.1, -0.05) is 30.3 Å². The fraction of sp³-hybridized carbons (Fsp3) is 0.655. The SMILES string of the molecule is CC(C)(C)OC(=O)NCCCC[C@H](NC(=O)[C@@H](N)CCCCNC(=O)OC(C)(C)C)C(=O)OCc1ccccc1. The zero-order chi connectivity index (χ0) is 30.2. The van der Waals surface area contributed by atoms with Crippen molar-refractivity contribution >= 4 is 24.1 Å². The van der Waals surface area contributed by atoms with Crippen LogP contribution in [0.4, 0.5) is 9.59 Å². The molecular weight excluding hydrogens is 516 g/mol. The van der Waals surface area contributed by atoms with Gasteiger partial charge in [-0.3, -0.25) is 4.79 Å². The van der Waals surface area contributed by atoms with Gasteiger partial charge < -0.3 is 35.9 Å².